The van der Waals surface area contributed by atoms with Crippen LogP contribution in [0, 0.1) is 12.7 Å². The minimum Gasteiger partial charge on any atom is -0.398 e. The number of halogens is 1. The first-order chi connectivity index (χ1) is 8.63. The Balaban J connectivity index is 3.04. The third-order valence-corrected chi connectivity index (χ3v) is 4.21. The molecule has 0 spiro atoms. The number of sulfonamides is 1. The third-order valence-electron chi connectivity index (χ3n) is 2.61. The van der Waals surface area contributed by atoms with Gasteiger partial charge in [0.05, 0.1) is 0 Å². The SMILES string of the molecule is Cc1cc(F)c(S(=O)(=O)NC(C)CN(C)C)cc1N. The van der Waals surface area contributed by atoms with Crippen molar-refractivity contribution in [3.63, 3.8) is 0 Å². The Kier molecular flexibility index (Phi) is 4.89. The molecule has 0 radical (unpaired) electrons. The quantitative estimate of drug-likeness (QED) is 0.791. The third kappa shape index (κ3) is 4.15. The molecule has 1 atom stereocenters. The van der Waals surface area contributed by atoms with E-state index in [0.29, 0.717) is 12.1 Å². The Morgan fingerprint density at radius 3 is 2.53 bits per heavy atom. The van der Waals surface area contributed by atoms with Gasteiger partial charge in [0, 0.05) is 18.3 Å². The molecule has 0 amide bonds. The van der Waals surface area contributed by atoms with Gasteiger partial charge in [-0.1, -0.05) is 0 Å². The number of benzene rings is 1. The molecule has 0 saturated heterocycles. The number of nitrogens with zero attached hydrogens (tertiary/aromatic N) is 1. The predicted molar refractivity (Wildman–Crippen MR) is 73.9 cm³/mol. The molecule has 1 aromatic rings. The smallest absolute Gasteiger partial charge is 0.243 e. The largest absolute Gasteiger partial charge is 0.398 e. The van der Waals surface area contributed by atoms with E-state index in [9.17, 15) is 12.8 Å². The number of anilines is 1. The molecule has 108 valence electrons. The Morgan fingerprint density at radius 2 is 2.00 bits per heavy atom. The molecule has 7 heteroatoms. The summed E-state index contributed by atoms with van der Waals surface area (Å²) in [6.07, 6.45) is 0. The van der Waals surface area contributed by atoms with E-state index in [2.05, 4.69) is 4.72 Å². The zero-order chi connectivity index (χ0) is 14.8. The van der Waals surface area contributed by atoms with Gasteiger partial charge < -0.3 is 10.6 Å². The summed E-state index contributed by atoms with van der Waals surface area (Å²) in [4.78, 5) is 1.42. The van der Waals surface area contributed by atoms with Crippen molar-refractivity contribution in [2.45, 2.75) is 24.8 Å². The molecule has 5 nitrogen and oxygen atoms in total. The maximum absolute atomic E-state index is 13.8. The maximum Gasteiger partial charge on any atom is 0.243 e. The number of nitrogens with two attached hydrogens (primary N) is 1. The van der Waals surface area contributed by atoms with Crippen molar-refractivity contribution in [2.24, 2.45) is 0 Å². The lowest BCUT2D eigenvalue weighted by molar-refractivity contribution is 0.370. The Morgan fingerprint density at radius 1 is 1.42 bits per heavy atom. The standard InChI is InChI=1S/C12H20FN3O2S/c1-8-5-10(13)12(6-11(8)14)19(17,18)15-9(2)7-16(3)4/h5-6,9,15H,7,14H2,1-4H3. The van der Waals surface area contributed by atoms with Crippen LogP contribution in [0.5, 0.6) is 0 Å². The average Bonchev–Trinajstić information content (AvgIpc) is 2.20. The maximum atomic E-state index is 13.8. The summed E-state index contributed by atoms with van der Waals surface area (Å²) < 4.78 is 40.3. The van der Waals surface area contributed by atoms with E-state index in [4.69, 9.17) is 5.73 Å². The molecule has 0 aliphatic carbocycles. The second-order valence-electron chi connectivity index (χ2n) is 4.92. The minimum atomic E-state index is -3.91. The topological polar surface area (TPSA) is 75.4 Å². The van der Waals surface area contributed by atoms with Crippen molar-refractivity contribution in [1.82, 2.24) is 9.62 Å². The van der Waals surface area contributed by atoms with E-state index in [1.54, 1.807) is 13.8 Å². The van der Waals surface area contributed by atoms with E-state index in [1.807, 2.05) is 19.0 Å². The van der Waals surface area contributed by atoms with E-state index >= 15 is 0 Å². The van der Waals surface area contributed by atoms with Crippen LogP contribution in [0.4, 0.5) is 10.1 Å². The number of likely N-dealkylation sites (N-methyl/N-ethyl adjacent to an activating group) is 1. The van der Waals surface area contributed by atoms with Gasteiger partial charge in [-0.15, -0.1) is 0 Å². The van der Waals surface area contributed by atoms with Crippen LogP contribution in [0.1, 0.15) is 12.5 Å². The molecule has 1 aromatic carbocycles. The average molecular weight is 289 g/mol. The van der Waals surface area contributed by atoms with Gasteiger partial charge in [0.25, 0.3) is 0 Å². The van der Waals surface area contributed by atoms with Gasteiger partial charge in [-0.2, -0.15) is 0 Å². The summed E-state index contributed by atoms with van der Waals surface area (Å²) in [5.41, 5.74) is 6.39. The Hall–Kier alpha value is -1.18. The van der Waals surface area contributed by atoms with Crippen LogP contribution >= 0.6 is 0 Å². The van der Waals surface area contributed by atoms with Gasteiger partial charge in [-0.3, -0.25) is 0 Å². The summed E-state index contributed by atoms with van der Waals surface area (Å²) in [5.74, 6) is -0.795. The van der Waals surface area contributed by atoms with Gasteiger partial charge in [0.2, 0.25) is 10.0 Å². The van der Waals surface area contributed by atoms with Gasteiger partial charge >= 0.3 is 0 Å². The molecule has 3 N–H and O–H groups in total. The lowest BCUT2D eigenvalue weighted by atomic mass is 10.2. The number of nitrogen functional groups attached to an aromatic ring is 1. The summed E-state index contributed by atoms with van der Waals surface area (Å²) in [7, 11) is -0.249. The van der Waals surface area contributed by atoms with Gasteiger partial charge in [0.1, 0.15) is 10.7 Å². The van der Waals surface area contributed by atoms with Crippen LogP contribution in [0.2, 0.25) is 0 Å². The Bertz CT molecular complexity index is 558. The molecule has 19 heavy (non-hydrogen) atoms. The highest BCUT2D eigenvalue weighted by Crippen LogP contribution is 2.21. The molecule has 0 bridgehead atoms. The molecule has 0 aliphatic heterocycles. The second kappa shape index (κ2) is 5.85. The lowest BCUT2D eigenvalue weighted by Gasteiger charge is -2.18. The summed E-state index contributed by atoms with van der Waals surface area (Å²) in [5, 5.41) is 0. The van der Waals surface area contributed by atoms with Crippen LogP contribution in [-0.4, -0.2) is 40.0 Å². The summed E-state index contributed by atoms with van der Waals surface area (Å²) in [6, 6.07) is 1.94. The number of hydrogen-bond acceptors (Lipinski definition) is 4. The van der Waals surface area contributed by atoms with Crippen LogP contribution in [-0.2, 0) is 10.0 Å². The normalized spacial score (nSPS) is 13.8. The van der Waals surface area contributed by atoms with Crippen LogP contribution < -0.4 is 10.5 Å². The van der Waals surface area contributed by atoms with E-state index in [1.165, 1.54) is 0 Å². The van der Waals surface area contributed by atoms with Crippen LogP contribution in [0.3, 0.4) is 0 Å². The van der Waals surface area contributed by atoms with Crippen molar-refractivity contribution >= 4 is 15.7 Å². The summed E-state index contributed by atoms with van der Waals surface area (Å²) in [6.45, 7) is 3.85. The van der Waals surface area contributed by atoms with Crippen molar-refractivity contribution in [3.8, 4) is 0 Å². The molecular weight excluding hydrogens is 269 g/mol. The highest BCUT2D eigenvalue weighted by atomic mass is 32.2. The predicted octanol–water partition coefficient (Wildman–Crippen LogP) is 0.945. The van der Waals surface area contributed by atoms with Gasteiger partial charge in [-0.05, 0) is 45.6 Å². The minimum absolute atomic E-state index is 0.252. The van der Waals surface area contributed by atoms with Crippen molar-refractivity contribution < 1.29 is 12.8 Å². The van der Waals surface area contributed by atoms with Crippen LogP contribution in [0.25, 0.3) is 0 Å². The monoisotopic (exact) mass is 289 g/mol. The van der Waals surface area contributed by atoms with Gasteiger partial charge in [-0.25, -0.2) is 17.5 Å². The molecule has 1 unspecified atom stereocenters. The lowest BCUT2D eigenvalue weighted by Crippen LogP contribution is -2.39. The van der Waals surface area contributed by atoms with Gasteiger partial charge in [0.15, 0.2) is 0 Å². The molecule has 0 heterocycles. The second-order valence-corrected chi connectivity index (χ2v) is 6.61. The molecule has 0 aliphatic rings. The Labute approximate surface area is 113 Å². The molecule has 1 rings (SSSR count). The summed E-state index contributed by atoms with van der Waals surface area (Å²) >= 11 is 0. The zero-order valence-electron chi connectivity index (χ0n) is 11.6. The first-order valence-corrected chi connectivity index (χ1v) is 7.34. The van der Waals surface area contributed by atoms with E-state index < -0.39 is 20.7 Å². The molecule has 0 fully saturated rings. The first-order valence-electron chi connectivity index (χ1n) is 5.86. The number of aryl methyl sites for hydroxylation is 1. The molecular formula is C12H20FN3O2S. The van der Waals surface area contributed by atoms with Crippen molar-refractivity contribution in [3.05, 3.63) is 23.5 Å². The fourth-order valence-corrected chi connectivity index (χ4v) is 3.12. The highest BCUT2D eigenvalue weighted by Gasteiger charge is 2.22. The fourth-order valence-electron chi connectivity index (χ4n) is 1.79. The number of rotatable bonds is 5. The van der Waals surface area contributed by atoms with E-state index in [0.717, 1.165) is 12.1 Å². The van der Waals surface area contributed by atoms with Crippen molar-refractivity contribution in [2.75, 3.05) is 26.4 Å². The van der Waals surface area contributed by atoms with E-state index in [-0.39, 0.29) is 11.7 Å². The molecule has 0 saturated carbocycles. The number of hydrogen-bond donors (Lipinski definition) is 2. The number of nitrogens with one attached hydrogen (secondary N) is 1. The van der Waals surface area contributed by atoms with Crippen LogP contribution in [0.15, 0.2) is 17.0 Å². The highest BCUT2D eigenvalue weighted by molar-refractivity contribution is 7.89. The zero-order valence-corrected chi connectivity index (χ0v) is 12.4. The van der Waals surface area contributed by atoms with Crippen molar-refractivity contribution in [1.29, 1.82) is 0 Å². The fraction of sp³-hybridized carbons (Fsp3) is 0.500. The molecule has 0 aromatic heterocycles. The first kappa shape index (κ1) is 15.9.